The Balaban J connectivity index is 1.89. The molecule has 1 aliphatic carbocycles. The molecule has 3 N–H and O–H groups in total. The molecule has 1 aliphatic rings. The van der Waals surface area contributed by atoms with Gasteiger partial charge in [-0.15, -0.1) is 0 Å². The lowest BCUT2D eigenvalue weighted by Crippen LogP contribution is -2.38. The second kappa shape index (κ2) is 11.6. The van der Waals surface area contributed by atoms with Crippen molar-refractivity contribution < 1.29 is 27.5 Å². The number of allylic oxidation sites excluding steroid dienone is 1. The molecule has 0 radical (unpaired) electrons. The zero-order chi connectivity index (χ0) is 27.3. The first-order valence-electron chi connectivity index (χ1n) is 12.0. The topological polar surface area (TPSA) is 110 Å². The van der Waals surface area contributed by atoms with Gasteiger partial charge < -0.3 is 20.7 Å². The lowest BCUT2D eigenvalue weighted by molar-refractivity contribution is -0.138. The number of carbonyl (C=O) groups excluding carboxylic acids is 2. The summed E-state index contributed by atoms with van der Waals surface area (Å²) in [4.78, 5) is 33.2. The minimum absolute atomic E-state index is 0.0354. The maximum Gasteiger partial charge on any atom is 0.419 e. The van der Waals surface area contributed by atoms with Crippen LogP contribution in [0.4, 0.5) is 24.8 Å². The standard InChI is InChI=1S/C26H32F3N5O3/c1-15(18-7-5-6-8-22(18)34(3)16(2)35)9-11-20-19(26(27,28)29)14-31-25(32-20)33-21-12-10-17(24(30)36)13-23(21)37-4/h10,12-14,22H,5-9,11H2,1-4H3,(H2,30,36)(H,31,32,33)/b18-15-/t22-/m1/s1. The smallest absolute Gasteiger partial charge is 0.419 e. The van der Waals surface area contributed by atoms with Gasteiger partial charge in [-0.25, -0.2) is 9.97 Å². The number of carbonyl (C=O) groups is 2. The van der Waals surface area contributed by atoms with Crippen molar-refractivity contribution >= 4 is 23.5 Å². The number of aromatic nitrogens is 2. The van der Waals surface area contributed by atoms with E-state index in [1.807, 2.05) is 6.92 Å². The van der Waals surface area contributed by atoms with Crippen molar-refractivity contribution in [2.75, 3.05) is 19.5 Å². The summed E-state index contributed by atoms with van der Waals surface area (Å²) in [6.07, 6.45) is 0.223. The van der Waals surface area contributed by atoms with Crippen molar-refractivity contribution in [2.45, 2.75) is 64.6 Å². The Morgan fingerprint density at radius 2 is 1.97 bits per heavy atom. The van der Waals surface area contributed by atoms with Crippen molar-refractivity contribution in [3.63, 3.8) is 0 Å². The van der Waals surface area contributed by atoms with Crippen LogP contribution in [-0.4, -0.2) is 46.9 Å². The first-order chi connectivity index (χ1) is 17.4. The number of methoxy groups -OCH3 is 1. The van der Waals surface area contributed by atoms with E-state index in [9.17, 15) is 22.8 Å². The Kier molecular flexibility index (Phi) is 8.77. The number of nitrogens with one attached hydrogen (secondary N) is 1. The summed E-state index contributed by atoms with van der Waals surface area (Å²) < 4.78 is 46.6. The van der Waals surface area contributed by atoms with Crippen molar-refractivity contribution in [1.82, 2.24) is 14.9 Å². The molecule has 1 heterocycles. The molecule has 8 nitrogen and oxygen atoms in total. The molecule has 1 atom stereocenters. The normalized spacial score (nSPS) is 17.2. The number of alkyl halides is 3. The average molecular weight is 520 g/mol. The van der Waals surface area contributed by atoms with Crippen molar-refractivity contribution in [1.29, 1.82) is 0 Å². The van der Waals surface area contributed by atoms with E-state index in [2.05, 4.69) is 15.3 Å². The number of benzene rings is 1. The number of anilines is 2. The van der Waals surface area contributed by atoms with E-state index in [-0.39, 0.29) is 41.3 Å². The fourth-order valence-electron chi connectivity index (χ4n) is 4.58. The van der Waals surface area contributed by atoms with Gasteiger partial charge in [0.15, 0.2) is 0 Å². The Hall–Kier alpha value is -3.63. The van der Waals surface area contributed by atoms with Gasteiger partial charge in [0.2, 0.25) is 17.8 Å². The third-order valence-electron chi connectivity index (χ3n) is 6.73. The molecular formula is C26H32F3N5O3. The maximum atomic E-state index is 13.8. The summed E-state index contributed by atoms with van der Waals surface area (Å²) in [5.74, 6) is -0.454. The molecule has 1 aromatic carbocycles. The molecule has 1 saturated carbocycles. The van der Waals surface area contributed by atoms with E-state index in [0.29, 0.717) is 12.1 Å². The first-order valence-corrected chi connectivity index (χ1v) is 12.0. The van der Waals surface area contributed by atoms with Gasteiger partial charge in [0.1, 0.15) is 5.75 Å². The van der Waals surface area contributed by atoms with Crippen molar-refractivity contribution in [2.24, 2.45) is 5.73 Å². The van der Waals surface area contributed by atoms with Crippen molar-refractivity contribution in [3.8, 4) is 5.75 Å². The molecule has 3 rings (SSSR count). The predicted octanol–water partition coefficient (Wildman–Crippen LogP) is 5.02. The number of primary amides is 1. The molecule has 11 heteroatoms. The summed E-state index contributed by atoms with van der Waals surface area (Å²) in [6, 6.07) is 4.37. The van der Waals surface area contributed by atoms with E-state index in [0.717, 1.165) is 43.0 Å². The molecule has 1 fully saturated rings. The second-order valence-corrected chi connectivity index (χ2v) is 9.15. The summed E-state index contributed by atoms with van der Waals surface area (Å²) in [7, 11) is 3.16. The van der Waals surface area contributed by atoms with Crippen LogP contribution in [0.15, 0.2) is 35.5 Å². The van der Waals surface area contributed by atoms with Crippen LogP contribution in [0.5, 0.6) is 5.75 Å². The molecule has 0 bridgehead atoms. The van der Waals surface area contributed by atoms with Gasteiger partial charge in [-0.3, -0.25) is 9.59 Å². The third kappa shape index (κ3) is 6.78. The monoisotopic (exact) mass is 519 g/mol. The van der Waals surface area contributed by atoms with E-state index in [1.54, 1.807) is 11.9 Å². The first kappa shape index (κ1) is 27.9. The number of hydrogen-bond acceptors (Lipinski definition) is 6. The number of nitrogens with two attached hydrogens (primary N) is 1. The van der Waals surface area contributed by atoms with Crippen LogP contribution in [-0.2, 0) is 17.4 Å². The van der Waals surface area contributed by atoms with E-state index in [1.165, 1.54) is 32.2 Å². The number of halogens is 3. The summed E-state index contributed by atoms with van der Waals surface area (Å²) >= 11 is 0. The largest absolute Gasteiger partial charge is 0.495 e. The minimum Gasteiger partial charge on any atom is -0.495 e. The highest BCUT2D eigenvalue weighted by atomic mass is 19.4. The van der Waals surface area contributed by atoms with Crippen LogP contribution < -0.4 is 15.8 Å². The summed E-state index contributed by atoms with van der Waals surface area (Å²) in [5, 5.41) is 2.87. The third-order valence-corrected chi connectivity index (χ3v) is 6.73. The van der Waals surface area contributed by atoms with Crippen LogP contribution in [0, 0.1) is 0 Å². The van der Waals surface area contributed by atoms with Crippen LogP contribution in [0.1, 0.15) is 67.6 Å². The van der Waals surface area contributed by atoms with E-state index in [4.69, 9.17) is 10.5 Å². The second-order valence-electron chi connectivity index (χ2n) is 9.15. The lowest BCUT2D eigenvalue weighted by Gasteiger charge is -2.34. The van der Waals surface area contributed by atoms with E-state index < -0.39 is 17.6 Å². The van der Waals surface area contributed by atoms with Gasteiger partial charge in [-0.05, 0) is 62.8 Å². The molecular weight excluding hydrogens is 487 g/mol. The number of aryl methyl sites for hydroxylation is 1. The summed E-state index contributed by atoms with van der Waals surface area (Å²) in [5.41, 5.74) is 6.95. The minimum atomic E-state index is -4.61. The predicted molar refractivity (Wildman–Crippen MR) is 134 cm³/mol. The van der Waals surface area contributed by atoms with Gasteiger partial charge in [0.25, 0.3) is 0 Å². The fourth-order valence-corrected chi connectivity index (χ4v) is 4.58. The number of nitrogens with zero attached hydrogens (tertiary/aromatic N) is 3. The Labute approximate surface area is 214 Å². The van der Waals surface area contributed by atoms with Gasteiger partial charge in [0, 0.05) is 25.7 Å². The highest BCUT2D eigenvalue weighted by Crippen LogP contribution is 2.35. The van der Waals surface area contributed by atoms with Gasteiger partial charge in [0.05, 0.1) is 30.1 Å². The van der Waals surface area contributed by atoms with Gasteiger partial charge in [-0.1, -0.05) is 12.0 Å². The van der Waals surface area contributed by atoms with Crippen LogP contribution in [0.3, 0.4) is 0 Å². The van der Waals surface area contributed by atoms with Crippen LogP contribution in [0.25, 0.3) is 0 Å². The number of likely N-dealkylation sites (N-methyl/N-ethyl adjacent to an activating group) is 1. The number of rotatable bonds is 8. The van der Waals surface area contributed by atoms with E-state index >= 15 is 0 Å². The van der Waals surface area contributed by atoms with Crippen molar-refractivity contribution in [3.05, 3.63) is 52.4 Å². The Bertz CT molecular complexity index is 1200. The number of hydrogen-bond donors (Lipinski definition) is 2. The molecule has 2 amide bonds. The fraction of sp³-hybridized carbons (Fsp3) is 0.462. The molecule has 37 heavy (non-hydrogen) atoms. The average Bonchev–Trinajstić information content (AvgIpc) is 2.86. The van der Waals surface area contributed by atoms with Crippen LogP contribution in [0.2, 0.25) is 0 Å². The molecule has 0 aliphatic heterocycles. The molecule has 2 aromatic rings. The SMILES string of the molecule is COc1cc(C(N)=O)ccc1Nc1ncc(C(F)(F)F)c(CC/C(C)=C2/CCCC[C@H]2N(C)C(C)=O)n1. The lowest BCUT2D eigenvalue weighted by atomic mass is 9.84. The molecule has 0 saturated heterocycles. The van der Waals surface area contributed by atoms with Gasteiger partial charge >= 0.3 is 6.18 Å². The molecule has 0 unspecified atom stereocenters. The zero-order valence-electron chi connectivity index (χ0n) is 21.4. The zero-order valence-corrected chi connectivity index (χ0v) is 21.4. The number of amides is 2. The molecule has 0 spiro atoms. The Morgan fingerprint density at radius 1 is 1.24 bits per heavy atom. The van der Waals surface area contributed by atoms with Crippen LogP contribution >= 0.6 is 0 Å². The van der Waals surface area contributed by atoms with Gasteiger partial charge in [-0.2, -0.15) is 13.2 Å². The molecule has 1 aromatic heterocycles. The number of ether oxygens (including phenoxy) is 1. The highest BCUT2D eigenvalue weighted by molar-refractivity contribution is 5.94. The Morgan fingerprint density at radius 3 is 2.59 bits per heavy atom. The quantitative estimate of drug-likeness (QED) is 0.474. The summed E-state index contributed by atoms with van der Waals surface area (Å²) in [6.45, 7) is 3.43. The molecule has 200 valence electrons. The maximum absolute atomic E-state index is 13.8. The highest BCUT2D eigenvalue weighted by Gasteiger charge is 2.35.